The Morgan fingerprint density at radius 3 is 2.29 bits per heavy atom. The number of carbonyl (C=O) groups is 1. The lowest BCUT2D eigenvalue weighted by Gasteiger charge is -2.30. The van der Waals surface area contributed by atoms with Gasteiger partial charge in [-0.25, -0.2) is 4.79 Å². The quantitative estimate of drug-likeness (QED) is 0.253. The van der Waals surface area contributed by atoms with Gasteiger partial charge in [0.25, 0.3) is 0 Å². The number of aliphatic hydroxyl groups excluding tert-OH is 1. The summed E-state index contributed by atoms with van der Waals surface area (Å²) in [5, 5.41) is 9.59. The van der Waals surface area contributed by atoms with Gasteiger partial charge in [0.1, 0.15) is 23.8 Å². The Labute approximate surface area is 229 Å². The Bertz CT molecular complexity index is 1310. The molecular formula is C27H29ClNO8S-. The molecule has 0 aliphatic heterocycles. The first-order valence-electron chi connectivity index (χ1n) is 11.5. The third-order valence-electron chi connectivity index (χ3n) is 5.49. The largest absolute Gasteiger partial charge is 0.755 e. The van der Waals surface area contributed by atoms with Gasteiger partial charge in [-0.2, -0.15) is 0 Å². The Kier molecular flexibility index (Phi) is 9.61. The maximum atomic E-state index is 12.7. The van der Waals surface area contributed by atoms with Crippen molar-refractivity contribution in [2.24, 2.45) is 0 Å². The number of benzene rings is 3. The normalized spacial score (nSPS) is 12.0. The van der Waals surface area contributed by atoms with Crippen LogP contribution in [0.25, 0.3) is 0 Å². The van der Waals surface area contributed by atoms with E-state index < -0.39 is 17.2 Å². The van der Waals surface area contributed by atoms with Gasteiger partial charge in [0.2, 0.25) is 0 Å². The molecule has 0 aromatic heterocycles. The van der Waals surface area contributed by atoms with E-state index >= 15 is 0 Å². The second kappa shape index (κ2) is 12.5. The summed E-state index contributed by atoms with van der Waals surface area (Å²) >= 11 is 3.50. The van der Waals surface area contributed by atoms with E-state index in [0.717, 1.165) is 9.87 Å². The lowest BCUT2D eigenvalue weighted by Crippen LogP contribution is -2.21. The third-order valence-corrected chi connectivity index (χ3v) is 6.51. The minimum atomic E-state index is -2.86. The molecule has 0 radical (unpaired) electrons. The SMILES string of the molecule is COC(=O)c1cc(OCCO)c(Oc2cc(OC)ccc2Cl)c(N(c2ccc(C(C)(C)C)cc2)S(=O)[O-])c1. The number of aliphatic hydroxyl groups is 1. The van der Waals surface area contributed by atoms with Crippen LogP contribution in [0.4, 0.5) is 11.4 Å². The van der Waals surface area contributed by atoms with Crippen molar-refractivity contribution in [2.45, 2.75) is 26.2 Å². The summed E-state index contributed by atoms with van der Waals surface area (Å²) < 4.78 is 48.2. The lowest BCUT2D eigenvalue weighted by molar-refractivity contribution is 0.0600. The highest BCUT2D eigenvalue weighted by Crippen LogP contribution is 2.47. The Morgan fingerprint density at radius 2 is 1.74 bits per heavy atom. The first kappa shape index (κ1) is 29.2. The molecule has 0 bridgehead atoms. The van der Waals surface area contributed by atoms with Gasteiger partial charge in [0.15, 0.2) is 11.5 Å². The van der Waals surface area contributed by atoms with Gasteiger partial charge in [0, 0.05) is 6.07 Å². The second-order valence-corrected chi connectivity index (χ2v) is 10.3. The molecule has 0 fully saturated rings. The molecule has 204 valence electrons. The fourth-order valence-electron chi connectivity index (χ4n) is 3.54. The molecule has 38 heavy (non-hydrogen) atoms. The molecule has 0 saturated heterocycles. The zero-order valence-electron chi connectivity index (χ0n) is 21.6. The Hall–Kier alpha value is -3.31. The second-order valence-electron chi connectivity index (χ2n) is 9.09. The number of rotatable bonds is 10. The standard InChI is InChI=1S/C27H30ClNO8S/c1-27(2,3)18-6-8-19(9-7-18)29(38(32)33)22-14-17(26(31)35-5)15-24(36-13-12-30)25(22)37-23-16-20(34-4)10-11-21(23)28/h6-11,14-16,30H,12-13H2,1-5H3,(H,32,33)/p-1. The molecule has 0 saturated carbocycles. The number of halogens is 1. The molecule has 0 heterocycles. The number of carbonyl (C=O) groups excluding carboxylic acids is 1. The summed E-state index contributed by atoms with van der Waals surface area (Å²) in [6.45, 7) is 5.62. The third kappa shape index (κ3) is 6.76. The van der Waals surface area contributed by atoms with E-state index in [0.29, 0.717) is 5.75 Å². The number of hydrogen-bond donors (Lipinski definition) is 1. The molecule has 3 aromatic rings. The van der Waals surface area contributed by atoms with E-state index in [1.807, 2.05) is 32.9 Å². The zero-order valence-corrected chi connectivity index (χ0v) is 23.2. The minimum absolute atomic E-state index is 0.00120. The van der Waals surface area contributed by atoms with Gasteiger partial charge in [-0.15, -0.1) is 0 Å². The highest BCUT2D eigenvalue weighted by molar-refractivity contribution is 7.81. The summed E-state index contributed by atoms with van der Waals surface area (Å²) in [5.74, 6) is -0.225. The number of esters is 1. The fraction of sp³-hybridized carbons (Fsp3) is 0.296. The van der Waals surface area contributed by atoms with Crippen LogP contribution in [0.1, 0.15) is 36.7 Å². The van der Waals surface area contributed by atoms with Crippen molar-refractivity contribution in [3.63, 3.8) is 0 Å². The van der Waals surface area contributed by atoms with E-state index in [1.165, 1.54) is 32.4 Å². The molecule has 0 aliphatic carbocycles. The van der Waals surface area contributed by atoms with Gasteiger partial charge in [-0.05, 0) is 47.4 Å². The first-order chi connectivity index (χ1) is 18.0. The van der Waals surface area contributed by atoms with E-state index in [1.54, 1.807) is 24.3 Å². The van der Waals surface area contributed by atoms with Crippen LogP contribution in [-0.4, -0.2) is 47.3 Å². The molecule has 0 amide bonds. The highest BCUT2D eigenvalue weighted by Gasteiger charge is 2.26. The number of ether oxygens (including phenoxy) is 4. The van der Waals surface area contributed by atoms with Crippen molar-refractivity contribution < 1.29 is 37.6 Å². The summed E-state index contributed by atoms with van der Waals surface area (Å²) in [5.41, 5.74) is 1.07. The van der Waals surface area contributed by atoms with Crippen molar-refractivity contribution in [1.29, 1.82) is 0 Å². The van der Waals surface area contributed by atoms with Gasteiger partial charge >= 0.3 is 5.97 Å². The van der Waals surface area contributed by atoms with Crippen LogP contribution in [0, 0.1) is 0 Å². The van der Waals surface area contributed by atoms with Crippen LogP contribution in [0.15, 0.2) is 54.6 Å². The molecule has 9 nitrogen and oxygen atoms in total. The monoisotopic (exact) mass is 562 g/mol. The average molecular weight is 563 g/mol. The molecule has 3 rings (SSSR count). The van der Waals surface area contributed by atoms with Crippen molar-refractivity contribution in [2.75, 3.05) is 31.7 Å². The smallest absolute Gasteiger partial charge is 0.338 e. The van der Waals surface area contributed by atoms with E-state index in [-0.39, 0.29) is 57.8 Å². The predicted octanol–water partition coefficient (Wildman–Crippen LogP) is 5.53. The van der Waals surface area contributed by atoms with Gasteiger partial charge in [0.05, 0.1) is 48.4 Å². The summed E-state index contributed by atoms with van der Waals surface area (Å²) in [7, 11) is 2.67. The molecular weight excluding hydrogens is 534 g/mol. The maximum absolute atomic E-state index is 12.7. The summed E-state index contributed by atoms with van der Waals surface area (Å²) in [6, 6.07) is 14.3. The zero-order chi connectivity index (χ0) is 28.0. The molecule has 1 unspecified atom stereocenters. The minimum Gasteiger partial charge on any atom is -0.755 e. The van der Waals surface area contributed by atoms with E-state index in [2.05, 4.69) is 0 Å². The lowest BCUT2D eigenvalue weighted by atomic mass is 9.87. The van der Waals surface area contributed by atoms with Crippen LogP contribution in [0.3, 0.4) is 0 Å². The predicted molar refractivity (Wildman–Crippen MR) is 145 cm³/mol. The highest BCUT2D eigenvalue weighted by atomic mass is 35.5. The number of anilines is 2. The van der Waals surface area contributed by atoms with Crippen molar-refractivity contribution in [3.05, 3.63) is 70.7 Å². The van der Waals surface area contributed by atoms with Crippen molar-refractivity contribution in [3.8, 4) is 23.0 Å². The average Bonchev–Trinajstić information content (AvgIpc) is 2.88. The molecule has 1 atom stereocenters. The van der Waals surface area contributed by atoms with Crippen molar-refractivity contribution >= 4 is 40.2 Å². The van der Waals surface area contributed by atoms with Gasteiger partial charge in [-0.1, -0.05) is 44.5 Å². The van der Waals surface area contributed by atoms with Crippen molar-refractivity contribution in [1.82, 2.24) is 0 Å². The summed E-state index contributed by atoms with van der Waals surface area (Å²) in [4.78, 5) is 12.5. The topological polar surface area (TPSA) is 118 Å². The van der Waals surface area contributed by atoms with Crippen LogP contribution in [-0.2, 0) is 21.4 Å². The molecule has 0 spiro atoms. The Morgan fingerprint density at radius 1 is 1.05 bits per heavy atom. The molecule has 3 aromatic carbocycles. The van der Waals surface area contributed by atoms with Gasteiger partial charge < -0.3 is 28.6 Å². The van der Waals surface area contributed by atoms with E-state index in [9.17, 15) is 18.7 Å². The Balaban J connectivity index is 2.29. The fourth-order valence-corrected chi connectivity index (χ4v) is 4.29. The number of nitrogens with zero attached hydrogens (tertiary/aromatic N) is 1. The maximum Gasteiger partial charge on any atom is 0.338 e. The molecule has 0 aliphatic rings. The molecule has 1 N–H and O–H groups in total. The first-order valence-corrected chi connectivity index (χ1v) is 12.9. The number of methoxy groups -OCH3 is 2. The van der Waals surface area contributed by atoms with Crippen LogP contribution < -0.4 is 18.5 Å². The van der Waals surface area contributed by atoms with Crippen LogP contribution in [0.5, 0.6) is 23.0 Å². The number of hydrogen-bond acceptors (Lipinski definition) is 8. The van der Waals surface area contributed by atoms with E-state index in [4.69, 9.17) is 30.5 Å². The van der Waals surface area contributed by atoms with Crippen LogP contribution in [0.2, 0.25) is 5.02 Å². The van der Waals surface area contributed by atoms with Crippen LogP contribution >= 0.6 is 11.6 Å². The molecule has 11 heteroatoms. The summed E-state index contributed by atoms with van der Waals surface area (Å²) in [6.07, 6.45) is 0. The van der Waals surface area contributed by atoms with Gasteiger partial charge in [-0.3, -0.25) is 8.51 Å².